The lowest BCUT2D eigenvalue weighted by molar-refractivity contribution is -0.122. The first-order chi connectivity index (χ1) is 9.61. The van der Waals surface area contributed by atoms with E-state index in [1.807, 2.05) is 37.3 Å². The molecule has 0 aliphatic rings. The van der Waals surface area contributed by atoms with E-state index in [0.29, 0.717) is 12.2 Å². The highest BCUT2D eigenvalue weighted by Crippen LogP contribution is 2.11. The molecule has 1 atom stereocenters. The van der Waals surface area contributed by atoms with E-state index in [2.05, 4.69) is 15.6 Å². The van der Waals surface area contributed by atoms with Gasteiger partial charge in [0.1, 0.15) is 11.7 Å². The molecule has 0 saturated carbocycles. The fourth-order valence-corrected chi connectivity index (χ4v) is 1.86. The summed E-state index contributed by atoms with van der Waals surface area (Å²) in [5, 5.41) is 6.26. The van der Waals surface area contributed by atoms with Crippen LogP contribution in [0.1, 0.15) is 24.3 Å². The van der Waals surface area contributed by atoms with Gasteiger partial charge in [-0.15, -0.1) is 0 Å². The standard InChI is InChI=1S/C15H17N3O2/c1-3-16-14(19)10(2)17-15(20)13-9-8-11-6-4-5-7-12(11)18-13/h4-10H,3H2,1-2H3,(H,16,19)(H,17,20). The smallest absolute Gasteiger partial charge is 0.270 e. The molecule has 0 aliphatic heterocycles. The number of hydrogen-bond donors (Lipinski definition) is 2. The van der Waals surface area contributed by atoms with Gasteiger partial charge in [-0.3, -0.25) is 9.59 Å². The van der Waals surface area contributed by atoms with Crippen LogP contribution in [-0.2, 0) is 4.79 Å². The molecule has 0 saturated heterocycles. The number of amides is 2. The molecular formula is C15H17N3O2. The molecule has 104 valence electrons. The van der Waals surface area contributed by atoms with Crippen molar-refractivity contribution in [3.8, 4) is 0 Å². The Hall–Kier alpha value is -2.43. The number of para-hydroxylation sites is 1. The lowest BCUT2D eigenvalue weighted by Crippen LogP contribution is -2.44. The Balaban J connectivity index is 2.13. The number of nitrogens with one attached hydrogen (secondary N) is 2. The predicted octanol–water partition coefficient (Wildman–Crippen LogP) is 1.49. The Kier molecular flexibility index (Phi) is 4.30. The van der Waals surface area contributed by atoms with Crippen molar-refractivity contribution in [2.75, 3.05) is 6.54 Å². The number of likely N-dealkylation sites (N-methyl/N-ethyl adjacent to an activating group) is 1. The molecule has 20 heavy (non-hydrogen) atoms. The van der Waals surface area contributed by atoms with E-state index in [-0.39, 0.29) is 11.8 Å². The maximum atomic E-state index is 12.1. The largest absolute Gasteiger partial charge is 0.355 e. The first-order valence-corrected chi connectivity index (χ1v) is 6.56. The van der Waals surface area contributed by atoms with E-state index in [1.165, 1.54) is 0 Å². The lowest BCUT2D eigenvalue weighted by atomic mass is 10.2. The molecule has 2 N–H and O–H groups in total. The van der Waals surface area contributed by atoms with E-state index in [4.69, 9.17) is 0 Å². The first-order valence-electron chi connectivity index (χ1n) is 6.56. The van der Waals surface area contributed by atoms with Crippen molar-refractivity contribution in [2.45, 2.75) is 19.9 Å². The topological polar surface area (TPSA) is 71.1 Å². The van der Waals surface area contributed by atoms with Crippen LogP contribution in [-0.4, -0.2) is 29.4 Å². The monoisotopic (exact) mass is 271 g/mol. The maximum absolute atomic E-state index is 12.1. The number of fused-ring (bicyclic) bond motifs is 1. The average Bonchev–Trinajstić information content (AvgIpc) is 2.46. The molecular weight excluding hydrogens is 254 g/mol. The van der Waals surface area contributed by atoms with Crippen LogP contribution in [0.2, 0.25) is 0 Å². The van der Waals surface area contributed by atoms with Crippen molar-refractivity contribution in [3.63, 3.8) is 0 Å². The second-order valence-electron chi connectivity index (χ2n) is 4.48. The van der Waals surface area contributed by atoms with Gasteiger partial charge in [0.05, 0.1) is 5.52 Å². The van der Waals surface area contributed by atoms with Crippen LogP contribution in [0, 0.1) is 0 Å². The molecule has 2 rings (SSSR count). The number of rotatable bonds is 4. The molecule has 2 aromatic rings. The second-order valence-corrected chi connectivity index (χ2v) is 4.48. The van der Waals surface area contributed by atoms with Crippen molar-refractivity contribution in [3.05, 3.63) is 42.1 Å². The van der Waals surface area contributed by atoms with Gasteiger partial charge in [0.15, 0.2) is 0 Å². The normalized spacial score (nSPS) is 11.9. The molecule has 1 aromatic carbocycles. The van der Waals surface area contributed by atoms with Crippen molar-refractivity contribution >= 4 is 22.7 Å². The summed E-state index contributed by atoms with van der Waals surface area (Å²) in [6, 6.07) is 10.5. The van der Waals surface area contributed by atoms with Crippen molar-refractivity contribution in [1.82, 2.24) is 15.6 Å². The molecule has 0 fully saturated rings. The van der Waals surface area contributed by atoms with Crippen LogP contribution in [0.15, 0.2) is 36.4 Å². The summed E-state index contributed by atoms with van der Waals surface area (Å²) in [6.07, 6.45) is 0. The quantitative estimate of drug-likeness (QED) is 0.885. The van der Waals surface area contributed by atoms with Crippen LogP contribution in [0.5, 0.6) is 0 Å². The highest BCUT2D eigenvalue weighted by molar-refractivity contribution is 5.97. The van der Waals surface area contributed by atoms with Crippen molar-refractivity contribution in [1.29, 1.82) is 0 Å². The van der Waals surface area contributed by atoms with Crippen LogP contribution >= 0.6 is 0 Å². The molecule has 0 aliphatic carbocycles. The van der Waals surface area contributed by atoms with E-state index in [1.54, 1.807) is 13.0 Å². The van der Waals surface area contributed by atoms with Gasteiger partial charge < -0.3 is 10.6 Å². The number of hydrogen-bond acceptors (Lipinski definition) is 3. The third-order valence-electron chi connectivity index (χ3n) is 2.92. The summed E-state index contributed by atoms with van der Waals surface area (Å²) in [5.41, 5.74) is 1.06. The number of nitrogens with zero attached hydrogens (tertiary/aromatic N) is 1. The van der Waals surface area contributed by atoms with Crippen molar-refractivity contribution < 1.29 is 9.59 Å². The average molecular weight is 271 g/mol. The van der Waals surface area contributed by atoms with Crippen LogP contribution in [0.4, 0.5) is 0 Å². The first kappa shape index (κ1) is 14.0. The minimum atomic E-state index is -0.587. The molecule has 1 heterocycles. The lowest BCUT2D eigenvalue weighted by Gasteiger charge is -2.13. The molecule has 0 radical (unpaired) electrons. The number of aromatic nitrogens is 1. The number of pyridine rings is 1. The zero-order valence-corrected chi connectivity index (χ0v) is 11.5. The summed E-state index contributed by atoms with van der Waals surface area (Å²) in [4.78, 5) is 27.9. The SMILES string of the molecule is CCNC(=O)C(C)NC(=O)c1ccc2ccccc2n1. The molecule has 0 spiro atoms. The van der Waals surface area contributed by atoms with E-state index in [9.17, 15) is 9.59 Å². The summed E-state index contributed by atoms with van der Waals surface area (Å²) >= 11 is 0. The van der Waals surface area contributed by atoms with Gasteiger partial charge >= 0.3 is 0 Å². The van der Waals surface area contributed by atoms with E-state index in [0.717, 1.165) is 10.9 Å². The Bertz CT molecular complexity index is 640. The second kappa shape index (κ2) is 6.14. The van der Waals surface area contributed by atoms with Gasteiger partial charge in [0, 0.05) is 11.9 Å². The fourth-order valence-electron chi connectivity index (χ4n) is 1.86. The highest BCUT2D eigenvalue weighted by atomic mass is 16.2. The predicted molar refractivity (Wildman–Crippen MR) is 77.4 cm³/mol. The Labute approximate surface area is 117 Å². The fraction of sp³-hybridized carbons (Fsp3) is 0.267. The summed E-state index contributed by atoms with van der Waals surface area (Å²) in [6.45, 7) is 4.01. The van der Waals surface area contributed by atoms with E-state index >= 15 is 0 Å². The van der Waals surface area contributed by atoms with E-state index < -0.39 is 6.04 Å². The highest BCUT2D eigenvalue weighted by Gasteiger charge is 2.16. The maximum Gasteiger partial charge on any atom is 0.270 e. The third-order valence-corrected chi connectivity index (χ3v) is 2.92. The summed E-state index contributed by atoms with van der Waals surface area (Å²) in [5.74, 6) is -0.559. The van der Waals surface area contributed by atoms with Gasteiger partial charge in [0.25, 0.3) is 5.91 Å². The van der Waals surface area contributed by atoms with Crippen LogP contribution in [0.25, 0.3) is 10.9 Å². The Morgan fingerprint density at radius 2 is 1.95 bits per heavy atom. The van der Waals surface area contributed by atoms with Gasteiger partial charge in [0.2, 0.25) is 5.91 Å². The van der Waals surface area contributed by atoms with Gasteiger partial charge in [-0.1, -0.05) is 24.3 Å². The van der Waals surface area contributed by atoms with Gasteiger partial charge in [-0.25, -0.2) is 4.98 Å². The number of benzene rings is 1. The van der Waals surface area contributed by atoms with Gasteiger partial charge in [-0.2, -0.15) is 0 Å². The van der Waals surface area contributed by atoms with Crippen LogP contribution in [0.3, 0.4) is 0 Å². The molecule has 5 heteroatoms. The Morgan fingerprint density at radius 1 is 1.20 bits per heavy atom. The molecule has 1 aromatic heterocycles. The number of carbonyl (C=O) groups is 2. The molecule has 5 nitrogen and oxygen atoms in total. The van der Waals surface area contributed by atoms with Crippen LogP contribution < -0.4 is 10.6 Å². The minimum absolute atomic E-state index is 0.207. The summed E-state index contributed by atoms with van der Waals surface area (Å²) < 4.78 is 0. The molecule has 2 amide bonds. The minimum Gasteiger partial charge on any atom is -0.355 e. The third kappa shape index (κ3) is 3.12. The van der Waals surface area contributed by atoms with Gasteiger partial charge in [-0.05, 0) is 26.0 Å². The summed E-state index contributed by atoms with van der Waals surface area (Å²) in [7, 11) is 0. The zero-order chi connectivity index (χ0) is 14.5. The molecule has 1 unspecified atom stereocenters. The Morgan fingerprint density at radius 3 is 2.70 bits per heavy atom. The zero-order valence-electron chi connectivity index (χ0n) is 11.5. The number of carbonyl (C=O) groups excluding carboxylic acids is 2. The van der Waals surface area contributed by atoms with Crippen molar-refractivity contribution in [2.24, 2.45) is 0 Å². The molecule has 0 bridgehead atoms.